The summed E-state index contributed by atoms with van der Waals surface area (Å²) in [6, 6.07) is 11.9. The van der Waals surface area contributed by atoms with E-state index in [1.165, 1.54) is 6.08 Å². The zero-order valence-corrected chi connectivity index (χ0v) is 21.9. The van der Waals surface area contributed by atoms with Crippen LogP contribution in [0.25, 0.3) is 0 Å². The highest BCUT2D eigenvalue weighted by Gasteiger charge is 2.49. The molecule has 3 rings (SSSR count). The number of hydrogen-bond donors (Lipinski definition) is 1. The van der Waals surface area contributed by atoms with Crippen molar-refractivity contribution in [3.63, 3.8) is 0 Å². The number of esters is 1. The highest BCUT2D eigenvalue weighted by Crippen LogP contribution is 2.50. The standard InChI is InChI=1S/C28H39N3O4/c1-7-30(8-2)20-13-15-22(24(17-20)33-11-5)28(26(29)19-27(32)35-28)23-16-14-21(31(9-3)10-4)18-25(23)34-12-6/h13-19H,7-12,29H2,1-6H3. The Balaban J connectivity index is 2.28. The van der Waals surface area contributed by atoms with Gasteiger partial charge in [0.2, 0.25) is 5.60 Å². The van der Waals surface area contributed by atoms with Crippen molar-refractivity contribution in [2.75, 3.05) is 49.2 Å². The Labute approximate surface area is 209 Å². The van der Waals surface area contributed by atoms with Gasteiger partial charge in [-0.25, -0.2) is 4.79 Å². The van der Waals surface area contributed by atoms with Gasteiger partial charge in [0.1, 0.15) is 11.5 Å². The van der Waals surface area contributed by atoms with Crippen molar-refractivity contribution in [1.82, 2.24) is 0 Å². The summed E-state index contributed by atoms with van der Waals surface area (Å²) >= 11 is 0. The predicted molar refractivity (Wildman–Crippen MR) is 141 cm³/mol. The van der Waals surface area contributed by atoms with E-state index >= 15 is 0 Å². The van der Waals surface area contributed by atoms with Gasteiger partial charge in [-0.3, -0.25) is 0 Å². The largest absolute Gasteiger partial charge is 0.493 e. The third-order valence-corrected chi connectivity index (χ3v) is 6.48. The maximum atomic E-state index is 12.6. The summed E-state index contributed by atoms with van der Waals surface area (Å²) in [5.41, 5.74) is 8.94. The number of anilines is 2. The lowest BCUT2D eigenvalue weighted by atomic mass is 9.82. The number of benzene rings is 2. The van der Waals surface area contributed by atoms with Crippen molar-refractivity contribution in [1.29, 1.82) is 0 Å². The number of rotatable bonds is 12. The minimum Gasteiger partial charge on any atom is -0.493 e. The normalized spacial score (nSPS) is 14.3. The van der Waals surface area contributed by atoms with Gasteiger partial charge in [0, 0.05) is 66.9 Å². The molecule has 2 N–H and O–H groups in total. The second-order valence-electron chi connectivity index (χ2n) is 8.27. The molecule has 1 aliphatic heterocycles. The van der Waals surface area contributed by atoms with Crippen LogP contribution >= 0.6 is 0 Å². The van der Waals surface area contributed by atoms with Crippen LogP contribution in [-0.4, -0.2) is 45.4 Å². The maximum absolute atomic E-state index is 12.6. The zero-order chi connectivity index (χ0) is 25.6. The molecule has 7 nitrogen and oxygen atoms in total. The lowest BCUT2D eigenvalue weighted by molar-refractivity contribution is -0.144. The van der Waals surface area contributed by atoms with Crippen LogP contribution in [0.2, 0.25) is 0 Å². The molecule has 2 aromatic rings. The highest BCUT2D eigenvalue weighted by atomic mass is 16.6. The molecule has 0 unspecified atom stereocenters. The van der Waals surface area contributed by atoms with E-state index in [9.17, 15) is 4.79 Å². The monoisotopic (exact) mass is 481 g/mol. The molecule has 0 aliphatic carbocycles. The van der Waals surface area contributed by atoms with Gasteiger partial charge in [0.15, 0.2) is 0 Å². The Bertz CT molecular complexity index is 993. The lowest BCUT2D eigenvalue weighted by Crippen LogP contribution is -2.35. The molecule has 0 saturated heterocycles. The Morgan fingerprint density at radius 2 is 1.20 bits per heavy atom. The first-order chi connectivity index (χ1) is 16.9. The van der Waals surface area contributed by atoms with Crippen molar-refractivity contribution in [2.24, 2.45) is 5.73 Å². The van der Waals surface area contributed by atoms with E-state index in [0.29, 0.717) is 41.5 Å². The molecule has 0 saturated carbocycles. The van der Waals surface area contributed by atoms with E-state index in [1.807, 2.05) is 50.2 Å². The fourth-order valence-corrected chi connectivity index (χ4v) is 4.76. The summed E-state index contributed by atoms with van der Waals surface area (Å²) in [7, 11) is 0. The molecule has 0 aromatic heterocycles. The van der Waals surface area contributed by atoms with Crippen LogP contribution in [0.15, 0.2) is 48.2 Å². The van der Waals surface area contributed by atoms with Gasteiger partial charge in [-0.15, -0.1) is 0 Å². The van der Waals surface area contributed by atoms with Gasteiger partial charge in [0.05, 0.1) is 18.9 Å². The van der Waals surface area contributed by atoms with Crippen LogP contribution in [0.1, 0.15) is 52.7 Å². The average Bonchev–Trinajstić information content (AvgIpc) is 3.15. The van der Waals surface area contributed by atoms with Crippen molar-refractivity contribution in [3.05, 3.63) is 59.3 Å². The third-order valence-electron chi connectivity index (χ3n) is 6.48. The van der Waals surface area contributed by atoms with Crippen molar-refractivity contribution >= 4 is 17.3 Å². The summed E-state index contributed by atoms with van der Waals surface area (Å²) in [6.07, 6.45) is 1.35. The summed E-state index contributed by atoms with van der Waals surface area (Å²) in [6.45, 7) is 16.7. The van der Waals surface area contributed by atoms with Crippen LogP contribution < -0.4 is 25.0 Å². The molecular weight excluding hydrogens is 442 g/mol. The maximum Gasteiger partial charge on any atom is 0.334 e. The first-order valence-electron chi connectivity index (χ1n) is 12.6. The van der Waals surface area contributed by atoms with E-state index in [-0.39, 0.29) is 0 Å². The number of nitrogens with two attached hydrogens (primary N) is 1. The van der Waals surface area contributed by atoms with Gasteiger partial charge >= 0.3 is 5.97 Å². The van der Waals surface area contributed by atoms with E-state index in [1.54, 1.807) is 0 Å². The molecular formula is C28H39N3O4. The fourth-order valence-electron chi connectivity index (χ4n) is 4.76. The Morgan fingerprint density at radius 1 is 0.771 bits per heavy atom. The minimum atomic E-state index is -1.35. The van der Waals surface area contributed by atoms with Crippen LogP contribution in [0.5, 0.6) is 11.5 Å². The van der Waals surface area contributed by atoms with Crippen LogP contribution in [0, 0.1) is 0 Å². The lowest BCUT2D eigenvalue weighted by Gasteiger charge is -2.34. The quantitative estimate of drug-likeness (QED) is 0.436. The second kappa shape index (κ2) is 11.4. The molecule has 0 bridgehead atoms. The zero-order valence-electron chi connectivity index (χ0n) is 21.9. The fraction of sp³-hybridized carbons (Fsp3) is 0.464. The number of cyclic esters (lactones) is 1. The first kappa shape index (κ1) is 26.3. The number of ether oxygens (including phenoxy) is 3. The number of carbonyl (C=O) groups excluding carboxylic acids is 1. The van der Waals surface area contributed by atoms with E-state index in [4.69, 9.17) is 19.9 Å². The number of nitrogens with zero attached hydrogens (tertiary/aromatic N) is 2. The molecule has 1 heterocycles. The highest BCUT2D eigenvalue weighted by molar-refractivity contribution is 5.88. The second-order valence-corrected chi connectivity index (χ2v) is 8.27. The van der Waals surface area contributed by atoms with Gasteiger partial charge in [0.25, 0.3) is 0 Å². The minimum absolute atomic E-state index is 0.301. The SMILES string of the molecule is CCOc1cc(N(CC)CC)ccc1C1(c2ccc(N(CC)CC)cc2OCC)OC(=O)C=C1N. The molecule has 0 fully saturated rings. The first-order valence-corrected chi connectivity index (χ1v) is 12.6. The van der Waals surface area contributed by atoms with Gasteiger partial charge in [-0.1, -0.05) is 0 Å². The average molecular weight is 482 g/mol. The van der Waals surface area contributed by atoms with Crippen LogP contribution in [-0.2, 0) is 15.1 Å². The van der Waals surface area contributed by atoms with E-state index < -0.39 is 11.6 Å². The Hall–Kier alpha value is -3.35. The molecule has 190 valence electrons. The summed E-state index contributed by atoms with van der Waals surface area (Å²) in [4.78, 5) is 17.1. The molecule has 1 aliphatic rings. The topological polar surface area (TPSA) is 77.3 Å². The van der Waals surface area contributed by atoms with Crippen molar-refractivity contribution < 1.29 is 19.0 Å². The van der Waals surface area contributed by atoms with Crippen LogP contribution in [0.4, 0.5) is 11.4 Å². The Morgan fingerprint density at radius 3 is 1.51 bits per heavy atom. The van der Waals surface area contributed by atoms with Gasteiger partial charge in [-0.2, -0.15) is 0 Å². The van der Waals surface area contributed by atoms with Gasteiger partial charge in [-0.05, 0) is 65.8 Å². The molecule has 7 heteroatoms. The van der Waals surface area contributed by atoms with Crippen LogP contribution in [0.3, 0.4) is 0 Å². The molecule has 0 atom stereocenters. The molecule has 0 spiro atoms. The van der Waals surface area contributed by atoms with Crippen molar-refractivity contribution in [2.45, 2.75) is 47.1 Å². The molecule has 2 aromatic carbocycles. The summed E-state index contributed by atoms with van der Waals surface area (Å²) < 4.78 is 18.3. The van der Waals surface area contributed by atoms with Gasteiger partial charge < -0.3 is 29.7 Å². The smallest absolute Gasteiger partial charge is 0.334 e. The molecule has 35 heavy (non-hydrogen) atoms. The molecule has 0 amide bonds. The summed E-state index contributed by atoms with van der Waals surface area (Å²) in [5.74, 6) is 0.754. The van der Waals surface area contributed by atoms with Crippen molar-refractivity contribution in [3.8, 4) is 11.5 Å². The number of hydrogen-bond acceptors (Lipinski definition) is 7. The predicted octanol–water partition coefficient (Wildman–Crippen LogP) is 4.82. The molecule has 0 radical (unpaired) electrons. The number of carbonyl (C=O) groups is 1. The van der Waals surface area contributed by atoms with E-state index in [0.717, 1.165) is 37.6 Å². The van der Waals surface area contributed by atoms with E-state index in [2.05, 4.69) is 37.5 Å². The summed E-state index contributed by atoms with van der Waals surface area (Å²) in [5, 5.41) is 0. The Kier molecular flexibility index (Phi) is 8.54. The third kappa shape index (κ3) is 4.90.